The molecular formula is C24H27FN4O6PS2+. The molecule has 0 radical (unpaired) electrons. The third kappa shape index (κ3) is 5.64. The molecule has 1 unspecified atom stereocenters. The maximum absolute atomic E-state index is 14.1. The van der Waals surface area contributed by atoms with Crippen LogP contribution in [0.5, 0.6) is 5.75 Å². The molecule has 14 heteroatoms. The van der Waals surface area contributed by atoms with Gasteiger partial charge < -0.3 is 19.0 Å². The molecule has 1 aromatic heterocycles. The molecule has 2 aromatic carbocycles. The monoisotopic (exact) mass is 581 g/mol. The second-order valence-corrected chi connectivity index (χ2v) is 14.4. The van der Waals surface area contributed by atoms with Gasteiger partial charge in [0.25, 0.3) is 10.0 Å². The van der Waals surface area contributed by atoms with Gasteiger partial charge in [0.05, 0.1) is 25.2 Å². The standard InChI is InChI=1S/C24H26FN4O6PS2/c25-21-14-17(1-2-18(21)16-26)24(36(30,31)32)27-38(33,34)23-15-19-13-20(3-4-22(19)37-23)35-12-11-29-8-5-28(6-9-29)7-10-29/h1-4,13-15,24,27H,5-12H2,(H-,30,31,32)/p+1. The fourth-order valence-electron chi connectivity index (χ4n) is 4.97. The summed E-state index contributed by atoms with van der Waals surface area (Å²) >= 11 is 0.941. The summed E-state index contributed by atoms with van der Waals surface area (Å²) in [6, 6.07) is 11.2. The van der Waals surface area contributed by atoms with E-state index in [-0.39, 0.29) is 15.3 Å². The second kappa shape index (κ2) is 10.3. The average molecular weight is 582 g/mol. The van der Waals surface area contributed by atoms with Crippen molar-refractivity contribution in [2.24, 2.45) is 0 Å². The molecule has 3 aliphatic heterocycles. The molecule has 6 rings (SSSR count). The smallest absolute Gasteiger partial charge is 0.347 e. The molecule has 38 heavy (non-hydrogen) atoms. The van der Waals surface area contributed by atoms with Crippen LogP contribution in [0.15, 0.2) is 46.7 Å². The third-order valence-electron chi connectivity index (χ3n) is 7.27. The molecule has 0 spiro atoms. The van der Waals surface area contributed by atoms with Crippen molar-refractivity contribution in [3.8, 4) is 11.8 Å². The minimum absolute atomic E-state index is 0.151. The molecule has 0 aliphatic carbocycles. The minimum Gasteiger partial charge on any atom is -0.488 e. The van der Waals surface area contributed by atoms with Crippen molar-refractivity contribution < 1.29 is 36.4 Å². The lowest BCUT2D eigenvalue weighted by Crippen LogP contribution is -2.68. The molecule has 3 fully saturated rings. The highest BCUT2D eigenvalue weighted by Crippen LogP contribution is 2.51. The average Bonchev–Trinajstić information content (AvgIpc) is 3.32. The first-order valence-corrected chi connectivity index (χ1v) is 16.0. The molecule has 4 heterocycles. The summed E-state index contributed by atoms with van der Waals surface area (Å²) in [6.45, 7) is 8.22. The van der Waals surface area contributed by atoms with E-state index in [2.05, 4.69) is 4.90 Å². The number of halogens is 1. The summed E-state index contributed by atoms with van der Waals surface area (Å²) in [7, 11) is -9.48. The molecule has 2 bridgehead atoms. The predicted molar refractivity (Wildman–Crippen MR) is 140 cm³/mol. The molecule has 10 nitrogen and oxygen atoms in total. The van der Waals surface area contributed by atoms with Crippen molar-refractivity contribution >= 4 is 39.0 Å². The summed E-state index contributed by atoms with van der Waals surface area (Å²) in [5.74, 6) is -2.42. The van der Waals surface area contributed by atoms with Gasteiger partial charge in [0, 0.05) is 24.3 Å². The van der Waals surface area contributed by atoms with E-state index >= 15 is 0 Å². The summed E-state index contributed by atoms with van der Waals surface area (Å²) in [5, 5.41) is 9.51. The van der Waals surface area contributed by atoms with Crippen LogP contribution >= 0.6 is 18.9 Å². The molecule has 0 amide bonds. The number of thiophene rings is 1. The zero-order chi connectivity index (χ0) is 27.1. The number of benzene rings is 2. The topological polar surface area (TPSA) is 140 Å². The largest absolute Gasteiger partial charge is 0.488 e. The van der Waals surface area contributed by atoms with E-state index in [1.807, 2.05) is 4.72 Å². The van der Waals surface area contributed by atoms with Crippen LogP contribution in [0.3, 0.4) is 0 Å². The molecular weight excluding hydrogens is 554 g/mol. The van der Waals surface area contributed by atoms with Crippen LogP contribution in [0.1, 0.15) is 16.9 Å². The van der Waals surface area contributed by atoms with Crippen LogP contribution in [0, 0.1) is 17.1 Å². The van der Waals surface area contributed by atoms with Crippen LogP contribution in [0.4, 0.5) is 4.39 Å². The highest BCUT2D eigenvalue weighted by atomic mass is 32.2. The lowest BCUT2D eigenvalue weighted by Gasteiger charge is -2.50. The predicted octanol–water partition coefficient (Wildman–Crippen LogP) is 2.59. The van der Waals surface area contributed by atoms with Crippen molar-refractivity contribution in [1.29, 1.82) is 5.26 Å². The highest BCUT2D eigenvalue weighted by molar-refractivity contribution is 7.92. The number of rotatable bonds is 9. The van der Waals surface area contributed by atoms with Gasteiger partial charge in [-0.25, -0.2) is 12.8 Å². The fraction of sp³-hybridized carbons (Fsp3) is 0.375. The Morgan fingerprint density at radius 3 is 2.50 bits per heavy atom. The van der Waals surface area contributed by atoms with Gasteiger partial charge in [-0.1, -0.05) is 6.07 Å². The normalized spacial score (nSPS) is 22.3. The Morgan fingerprint density at radius 2 is 1.87 bits per heavy atom. The van der Waals surface area contributed by atoms with Crippen LogP contribution < -0.4 is 9.46 Å². The van der Waals surface area contributed by atoms with Crippen LogP contribution in [-0.4, -0.2) is 80.0 Å². The summed E-state index contributed by atoms with van der Waals surface area (Å²) < 4.78 is 62.1. The Bertz CT molecular complexity index is 1550. The van der Waals surface area contributed by atoms with E-state index in [4.69, 9.17) is 10.00 Å². The fourth-order valence-corrected chi connectivity index (χ4v) is 8.94. The van der Waals surface area contributed by atoms with Gasteiger partial charge in [-0.3, -0.25) is 9.46 Å². The van der Waals surface area contributed by atoms with Gasteiger partial charge in [0.2, 0.25) is 0 Å². The second-order valence-electron chi connectivity index (χ2n) is 9.66. The van der Waals surface area contributed by atoms with Gasteiger partial charge >= 0.3 is 7.60 Å². The quantitative estimate of drug-likeness (QED) is 0.259. The number of quaternary nitrogens is 1. The number of sulfonamides is 1. The van der Waals surface area contributed by atoms with Crippen molar-refractivity contribution in [2.45, 2.75) is 9.99 Å². The molecule has 3 aromatic rings. The molecule has 0 saturated carbocycles. The van der Waals surface area contributed by atoms with Gasteiger partial charge in [-0.2, -0.15) is 9.98 Å². The Hall–Kier alpha value is -2.40. The van der Waals surface area contributed by atoms with Crippen molar-refractivity contribution in [1.82, 2.24) is 9.62 Å². The number of piperazine rings is 3. The maximum Gasteiger partial charge on any atom is 0.347 e. The Morgan fingerprint density at radius 1 is 1.16 bits per heavy atom. The Kier molecular flexibility index (Phi) is 7.36. The zero-order valence-corrected chi connectivity index (χ0v) is 22.8. The number of hydrogen-bond donors (Lipinski definition) is 3. The number of hydrogen-bond acceptors (Lipinski definition) is 7. The zero-order valence-electron chi connectivity index (χ0n) is 20.3. The molecule has 202 valence electrons. The minimum atomic E-state index is -5.09. The highest BCUT2D eigenvalue weighted by Gasteiger charge is 2.38. The van der Waals surface area contributed by atoms with E-state index < -0.39 is 29.2 Å². The number of fused-ring (bicyclic) bond motifs is 4. The van der Waals surface area contributed by atoms with Crippen LogP contribution in [0.25, 0.3) is 10.1 Å². The van der Waals surface area contributed by atoms with Crippen LogP contribution in [0.2, 0.25) is 0 Å². The first kappa shape index (κ1) is 27.2. The Balaban J connectivity index is 1.32. The maximum atomic E-state index is 14.1. The van der Waals surface area contributed by atoms with E-state index in [1.54, 1.807) is 24.3 Å². The summed E-state index contributed by atoms with van der Waals surface area (Å²) in [5.41, 5.74) is -0.622. The van der Waals surface area contributed by atoms with Crippen LogP contribution in [-0.2, 0) is 14.6 Å². The van der Waals surface area contributed by atoms with Crippen molar-refractivity contribution in [3.63, 3.8) is 0 Å². The lowest BCUT2D eigenvalue weighted by atomic mass is 10.1. The SMILES string of the molecule is N#Cc1ccc(C(NS(=O)(=O)c2cc3cc(OCC[N+]45CCN(CC4)CC5)ccc3s2)P(=O)(O)O)cc1F. The van der Waals surface area contributed by atoms with Gasteiger partial charge in [0.15, 0.2) is 0 Å². The molecule has 3 N–H and O–H groups in total. The summed E-state index contributed by atoms with van der Waals surface area (Å²) in [6.07, 6.45) is 0. The first-order chi connectivity index (χ1) is 18.0. The lowest BCUT2D eigenvalue weighted by molar-refractivity contribution is -0.940. The van der Waals surface area contributed by atoms with Crippen molar-refractivity contribution in [2.75, 3.05) is 52.4 Å². The van der Waals surface area contributed by atoms with E-state index in [1.165, 1.54) is 6.07 Å². The first-order valence-electron chi connectivity index (χ1n) is 12.0. The summed E-state index contributed by atoms with van der Waals surface area (Å²) in [4.78, 5) is 22.1. The van der Waals surface area contributed by atoms with E-state index in [0.717, 1.165) is 79.8 Å². The molecule has 3 saturated heterocycles. The Labute approximate surface area is 223 Å². The third-order valence-corrected chi connectivity index (χ3v) is 11.6. The van der Waals surface area contributed by atoms with Gasteiger partial charge in [0.1, 0.15) is 40.8 Å². The van der Waals surface area contributed by atoms with E-state index in [9.17, 15) is 27.2 Å². The van der Waals surface area contributed by atoms with Crippen molar-refractivity contribution in [3.05, 3.63) is 59.4 Å². The number of ether oxygens (including phenoxy) is 1. The molecule has 3 aliphatic rings. The molecule has 1 atom stereocenters. The van der Waals surface area contributed by atoms with Gasteiger partial charge in [-0.15, -0.1) is 11.3 Å². The number of nitrogens with one attached hydrogen (secondary N) is 1. The van der Waals surface area contributed by atoms with E-state index in [0.29, 0.717) is 22.4 Å². The number of nitriles is 1. The number of nitrogens with zero attached hydrogens (tertiary/aromatic N) is 3. The van der Waals surface area contributed by atoms with Gasteiger partial charge in [-0.05, 0) is 47.3 Å².